The standard InChI is InChI=1S/C22H30Cl2N4O3/c23-17-3-2-16(14-18(17)24)25-21(31)28-10-4-20(30)27(12-13-28)9-1-8-26-11-7-22(5-6-22)19(29)15-26/h2-3,14,19,29H,1,4-13,15H2,(H,25,31). The van der Waals surface area contributed by atoms with Gasteiger partial charge in [0.2, 0.25) is 5.91 Å². The fourth-order valence-electron chi connectivity index (χ4n) is 4.59. The van der Waals surface area contributed by atoms with Crippen molar-refractivity contribution in [2.45, 2.75) is 38.2 Å². The van der Waals surface area contributed by atoms with Gasteiger partial charge in [0.15, 0.2) is 0 Å². The summed E-state index contributed by atoms with van der Waals surface area (Å²) in [6, 6.07) is 4.70. The number of urea groups is 1. The number of β-amino-alcohol motifs (C(OH)–C–C–N with tert-alkyl or cyclic N) is 1. The molecule has 31 heavy (non-hydrogen) atoms. The van der Waals surface area contributed by atoms with Crippen LogP contribution in [0.2, 0.25) is 10.0 Å². The summed E-state index contributed by atoms with van der Waals surface area (Å²) >= 11 is 11.9. The van der Waals surface area contributed by atoms with Gasteiger partial charge < -0.3 is 25.1 Å². The molecule has 3 fully saturated rings. The van der Waals surface area contributed by atoms with Gasteiger partial charge in [0.1, 0.15) is 0 Å². The number of anilines is 1. The molecule has 0 radical (unpaired) electrons. The van der Waals surface area contributed by atoms with Gasteiger partial charge in [-0.2, -0.15) is 0 Å². The molecule has 2 saturated heterocycles. The number of aliphatic hydroxyl groups excluding tert-OH is 1. The van der Waals surface area contributed by atoms with Gasteiger partial charge in [0, 0.05) is 44.8 Å². The minimum atomic E-state index is -0.246. The molecule has 1 spiro atoms. The lowest BCUT2D eigenvalue weighted by Crippen LogP contribution is -2.46. The van der Waals surface area contributed by atoms with Crippen molar-refractivity contribution >= 4 is 40.8 Å². The number of likely N-dealkylation sites (tertiary alicyclic amines) is 1. The van der Waals surface area contributed by atoms with Gasteiger partial charge in [0.05, 0.1) is 16.1 Å². The quantitative estimate of drug-likeness (QED) is 0.694. The molecule has 170 valence electrons. The van der Waals surface area contributed by atoms with Crippen molar-refractivity contribution in [2.24, 2.45) is 5.41 Å². The van der Waals surface area contributed by atoms with Gasteiger partial charge in [-0.3, -0.25) is 4.79 Å². The van der Waals surface area contributed by atoms with Crippen LogP contribution >= 0.6 is 23.2 Å². The minimum Gasteiger partial charge on any atom is -0.391 e. The number of nitrogens with one attached hydrogen (secondary N) is 1. The van der Waals surface area contributed by atoms with Gasteiger partial charge in [0.25, 0.3) is 0 Å². The van der Waals surface area contributed by atoms with E-state index < -0.39 is 0 Å². The highest BCUT2D eigenvalue weighted by Gasteiger charge is 2.51. The number of carbonyl (C=O) groups excluding carboxylic acids is 2. The molecule has 0 aromatic heterocycles. The van der Waals surface area contributed by atoms with Crippen molar-refractivity contribution in [1.29, 1.82) is 0 Å². The molecule has 1 unspecified atom stereocenters. The minimum absolute atomic E-state index is 0.0837. The van der Waals surface area contributed by atoms with Crippen LogP contribution in [0.3, 0.4) is 0 Å². The molecule has 7 nitrogen and oxygen atoms in total. The second kappa shape index (κ2) is 9.53. The maximum Gasteiger partial charge on any atom is 0.321 e. The number of piperidine rings is 1. The third-order valence-corrected chi connectivity index (χ3v) is 7.64. The summed E-state index contributed by atoms with van der Waals surface area (Å²) in [7, 11) is 0. The molecule has 0 bridgehead atoms. The summed E-state index contributed by atoms with van der Waals surface area (Å²) < 4.78 is 0. The summed E-state index contributed by atoms with van der Waals surface area (Å²) in [4.78, 5) is 31.0. The third-order valence-electron chi connectivity index (χ3n) is 6.90. The van der Waals surface area contributed by atoms with Crippen LogP contribution in [-0.2, 0) is 4.79 Å². The van der Waals surface area contributed by atoms with Crippen molar-refractivity contribution in [3.63, 3.8) is 0 Å². The average Bonchev–Trinajstić information content (AvgIpc) is 3.54. The topological polar surface area (TPSA) is 76.1 Å². The first kappa shape index (κ1) is 22.6. The first-order valence-electron chi connectivity index (χ1n) is 11.1. The second-order valence-electron chi connectivity index (χ2n) is 8.96. The molecular weight excluding hydrogens is 439 g/mol. The molecule has 9 heteroatoms. The van der Waals surface area contributed by atoms with Crippen molar-refractivity contribution < 1.29 is 14.7 Å². The van der Waals surface area contributed by atoms with Crippen LogP contribution in [0.4, 0.5) is 10.5 Å². The molecule has 1 aromatic carbocycles. The average molecular weight is 469 g/mol. The number of halogens is 2. The predicted octanol–water partition coefficient (Wildman–Crippen LogP) is 3.30. The van der Waals surface area contributed by atoms with E-state index in [4.69, 9.17) is 23.2 Å². The Labute approximate surface area is 193 Å². The lowest BCUT2D eigenvalue weighted by Gasteiger charge is -2.36. The maximum absolute atomic E-state index is 12.6. The van der Waals surface area contributed by atoms with Crippen LogP contribution in [0.5, 0.6) is 0 Å². The second-order valence-corrected chi connectivity index (χ2v) is 9.77. The zero-order chi connectivity index (χ0) is 22.0. The molecule has 2 N–H and O–H groups in total. The summed E-state index contributed by atoms with van der Waals surface area (Å²) in [6.07, 6.45) is 4.41. The Bertz CT molecular complexity index is 833. The molecular formula is C22H30Cl2N4O3. The Morgan fingerprint density at radius 1 is 1.10 bits per heavy atom. The fourth-order valence-corrected chi connectivity index (χ4v) is 4.89. The van der Waals surface area contributed by atoms with Crippen LogP contribution in [0.25, 0.3) is 0 Å². The van der Waals surface area contributed by atoms with E-state index in [1.807, 2.05) is 4.90 Å². The summed E-state index contributed by atoms with van der Waals surface area (Å²) in [6.45, 7) is 4.76. The van der Waals surface area contributed by atoms with E-state index in [-0.39, 0.29) is 23.5 Å². The highest BCUT2D eigenvalue weighted by molar-refractivity contribution is 6.42. The molecule has 1 saturated carbocycles. The highest BCUT2D eigenvalue weighted by atomic mass is 35.5. The fraction of sp³-hybridized carbons (Fsp3) is 0.636. The Kier molecular flexibility index (Phi) is 6.96. The largest absolute Gasteiger partial charge is 0.391 e. The van der Waals surface area contributed by atoms with Gasteiger partial charge in [-0.05, 0) is 62.4 Å². The lowest BCUT2D eigenvalue weighted by molar-refractivity contribution is -0.130. The van der Waals surface area contributed by atoms with Crippen LogP contribution < -0.4 is 5.32 Å². The number of aliphatic hydroxyl groups is 1. The van der Waals surface area contributed by atoms with Crippen LogP contribution in [0.1, 0.15) is 32.1 Å². The van der Waals surface area contributed by atoms with Crippen LogP contribution in [0.15, 0.2) is 18.2 Å². The van der Waals surface area contributed by atoms with Gasteiger partial charge in [-0.25, -0.2) is 4.79 Å². The Morgan fingerprint density at radius 2 is 1.90 bits per heavy atom. The molecule has 2 aliphatic heterocycles. The van der Waals surface area contributed by atoms with E-state index in [1.165, 1.54) is 12.8 Å². The SMILES string of the molecule is O=C1CCN(C(=O)Nc2ccc(Cl)c(Cl)c2)CCN1CCCN1CCC2(CC2)C(O)C1. The summed E-state index contributed by atoms with van der Waals surface area (Å²) in [5.41, 5.74) is 0.794. The van der Waals surface area contributed by atoms with E-state index in [2.05, 4.69) is 10.2 Å². The number of hydrogen-bond donors (Lipinski definition) is 2. The Morgan fingerprint density at radius 3 is 2.61 bits per heavy atom. The summed E-state index contributed by atoms with van der Waals surface area (Å²) in [5.74, 6) is 0.0837. The van der Waals surface area contributed by atoms with E-state index in [0.717, 1.165) is 32.5 Å². The van der Waals surface area contributed by atoms with Gasteiger partial charge >= 0.3 is 6.03 Å². The van der Waals surface area contributed by atoms with Crippen molar-refractivity contribution in [3.05, 3.63) is 28.2 Å². The normalized spacial score (nSPS) is 23.7. The zero-order valence-corrected chi connectivity index (χ0v) is 19.2. The molecule has 4 rings (SSSR count). The first-order chi connectivity index (χ1) is 14.9. The zero-order valence-electron chi connectivity index (χ0n) is 17.7. The number of benzene rings is 1. The van der Waals surface area contributed by atoms with Crippen LogP contribution in [0, 0.1) is 5.41 Å². The number of rotatable bonds is 5. The number of amides is 3. The predicted molar refractivity (Wildman–Crippen MR) is 122 cm³/mol. The van der Waals surface area contributed by atoms with Crippen molar-refractivity contribution in [3.8, 4) is 0 Å². The highest BCUT2D eigenvalue weighted by Crippen LogP contribution is 2.53. The Balaban J connectivity index is 1.22. The van der Waals surface area contributed by atoms with Crippen LogP contribution in [-0.4, -0.2) is 83.7 Å². The van der Waals surface area contributed by atoms with E-state index >= 15 is 0 Å². The molecule has 2 heterocycles. The molecule has 3 amide bonds. The van der Waals surface area contributed by atoms with Gasteiger partial charge in [-0.1, -0.05) is 23.2 Å². The molecule has 1 aliphatic carbocycles. The lowest BCUT2D eigenvalue weighted by atomic mass is 9.90. The summed E-state index contributed by atoms with van der Waals surface area (Å²) in [5, 5.41) is 14.0. The molecule has 1 aromatic rings. The number of carbonyl (C=O) groups is 2. The van der Waals surface area contributed by atoms with Gasteiger partial charge in [-0.15, -0.1) is 0 Å². The molecule has 1 atom stereocenters. The Hall–Kier alpha value is -1.54. The third kappa shape index (κ3) is 5.45. The van der Waals surface area contributed by atoms with Crippen molar-refractivity contribution in [1.82, 2.24) is 14.7 Å². The van der Waals surface area contributed by atoms with Crippen molar-refractivity contribution in [2.75, 3.05) is 51.1 Å². The number of hydrogen-bond acceptors (Lipinski definition) is 4. The monoisotopic (exact) mass is 468 g/mol. The first-order valence-corrected chi connectivity index (χ1v) is 11.8. The van der Waals surface area contributed by atoms with E-state index in [9.17, 15) is 14.7 Å². The number of nitrogens with zero attached hydrogens (tertiary/aromatic N) is 3. The maximum atomic E-state index is 12.6. The van der Waals surface area contributed by atoms with E-state index in [1.54, 1.807) is 23.1 Å². The smallest absolute Gasteiger partial charge is 0.321 e. The van der Waals surface area contributed by atoms with E-state index in [0.29, 0.717) is 48.3 Å². The molecule has 3 aliphatic rings.